The minimum Gasteiger partial charge on any atom is -0.508 e. The van der Waals surface area contributed by atoms with Crippen LogP contribution in [0.5, 0.6) is 23.0 Å². The second-order valence-corrected chi connectivity index (χ2v) is 14.2. The van der Waals surface area contributed by atoms with Gasteiger partial charge in [-0.3, -0.25) is 9.59 Å². The number of aromatic hydroxyl groups is 3. The first-order valence-corrected chi connectivity index (χ1v) is 19.4. The lowest BCUT2D eigenvalue weighted by molar-refractivity contribution is -0.383. The molecule has 20 heteroatoms. The van der Waals surface area contributed by atoms with Crippen molar-refractivity contribution >= 4 is 48.1 Å². The van der Waals surface area contributed by atoms with Crippen molar-refractivity contribution in [2.75, 3.05) is 26.9 Å². The molecule has 2 heterocycles. The third-order valence-corrected chi connectivity index (χ3v) is 9.46. The van der Waals surface area contributed by atoms with Crippen LogP contribution < -0.4 is 4.74 Å². The Hall–Kier alpha value is -6.81. The molecule has 3 aromatic rings. The van der Waals surface area contributed by atoms with Gasteiger partial charge in [-0.1, -0.05) is 30.3 Å². The van der Waals surface area contributed by atoms with Crippen molar-refractivity contribution in [1.82, 2.24) is 0 Å². The smallest absolute Gasteiger partial charge is 0.331 e. The SMILES string of the molecule is COc1cc(/C=C/C(=O)OC[C@H]2O[C@@](COC(=O)/C=C/c3ccc(O)cc3)(O[C@H]3O[C@H](COC(C)=O)[C@@H](O)[C@H](O)[C@H]3OC(C)=O)[C@@H](OC(=O)/C=C/c3ccc(O)cc3)[C@@H]2O)ccc1O. The van der Waals surface area contributed by atoms with Crippen LogP contribution in [0.15, 0.2) is 85.0 Å². The summed E-state index contributed by atoms with van der Waals surface area (Å²) < 4.78 is 50.2. The predicted octanol–water partition coefficient (Wildman–Crippen LogP) is 1.66. The van der Waals surface area contributed by atoms with Gasteiger partial charge in [-0.15, -0.1) is 0 Å². The molecule has 342 valence electrons. The summed E-state index contributed by atoms with van der Waals surface area (Å²) in [6.07, 6.45) is -8.07. The van der Waals surface area contributed by atoms with Crippen LogP contribution in [0.2, 0.25) is 0 Å². The molecule has 0 aliphatic carbocycles. The van der Waals surface area contributed by atoms with E-state index in [2.05, 4.69) is 0 Å². The fourth-order valence-corrected chi connectivity index (χ4v) is 6.29. The lowest BCUT2D eigenvalue weighted by Crippen LogP contribution is -2.64. The predicted molar refractivity (Wildman–Crippen MR) is 217 cm³/mol. The summed E-state index contributed by atoms with van der Waals surface area (Å²) in [7, 11) is 1.34. The van der Waals surface area contributed by atoms with Gasteiger partial charge >= 0.3 is 29.8 Å². The van der Waals surface area contributed by atoms with E-state index in [0.717, 1.165) is 32.1 Å². The van der Waals surface area contributed by atoms with E-state index in [1.807, 2.05) is 0 Å². The van der Waals surface area contributed by atoms with Crippen LogP contribution in [0.3, 0.4) is 0 Å². The Balaban J connectivity index is 1.51. The zero-order chi connectivity index (χ0) is 46.6. The number of rotatable bonds is 17. The Morgan fingerprint density at radius 3 is 1.77 bits per heavy atom. The van der Waals surface area contributed by atoms with Gasteiger partial charge in [-0.2, -0.15) is 0 Å². The van der Waals surface area contributed by atoms with Crippen LogP contribution in [0.25, 0.3) is 18.2 Å². The first kappa shape index (κ1) is 48.2. The minimum absolute atomic E-state index is 0.0340. The first-order valence-electron chi connectivity index (χ1n) is 19.4. The lowest BCUT2D eigenvalue weighted by Gasteiger charge is -2.44. The van der Waals surface area contributed by atoms with Crippen LogP contribution in [-0.2, 0) is 61.9 Å². The monoisotopic (exact) mass is 894 g/mol. The van der Waals surface area contributed by atoms with Crippen molar-refractivity contribution in [3.05, 3.63) is 102 Å². The van der Waals surface area contributed by atoms with E-state index < -0.39 is 104 Å². The minimum atomic E-state index is -2.68. The van der Waals surface area contributed by atoms with Gasteiger partial charge in [-0.05, 0) is 71.3 Å². The van der Waals surface area contributed by atoms with Crippen molar-refractivity contribution < 1.29 is 97.2 Å². The molecule has 0 aromatic heterocycles. The van der Waals surface area contributed by atoms with E-state index in [1.165, 1.54) is 92.1 Å². The molecule has 0 amide bonds. The summed E-state index contributed by atoms with van der Waals surface area (Å²) in [5.41, 5.74) is 1.33. The van der Waals surface area contributed by atoms with Crippen molar-refractivity contribution in [3.8, 4) is 23.0 Å². The van der Waals surface area contributed by atoms with E-state index in [4.69, 9.17) is 42.6 Å². The summed E-state index contributed by atoms with van der Waals surface area (Å²) in [4.78, 5) is 63.6. The molecule has 2 saturated heterocycles. The number of phenols is 3. The van der Waals surface area contributed by atoms with Gasteiger partial charge in [-0.25, -0.2) is 14.4 Å². The van der Waals surface area contributed by atoms with E-state index in [1.54, 1.807) is 0 Å². The van der Waals surface area contributed by atoms with Crippen molar-refractivity contribution in [1.29, 1.82) is 0 Å². The zero-order valence-electron chi connectivity index (χ0n) is 34.5. The van der Waals surface area contributed by atoms with Crippen LogP contribution in [-0.4, -0.2) is 142 Å². The summed E-state index contributed by atoms with van der Waals surface area (Å²) in [6.45, 7) is -0.448. The molecule has 0 spiro atoms. The summed E-state index contributed by atoms with van der Waals surface area (Å²) in [5.74, 6) is -7.73. The van der Waals surface area contributed by atoms with Gasteiger partial charge in [0.2, 0.25) is 12.1 Å². The van der Waals surface area contributed by atoms with E-state index in [0.29, 0.717) is 16.7 Å². The number of hydrogen-bond acceptors (Lipinski definition) is 20. The molecule has 2 fully saturated rings. The number of phenolic OH excluding ortho intramolecular Hbond substituents is 3. The van der Waals surface area contributed by atoms with Gasteiger partial charge in [0, 0.05) is 32.1 Å². The third kappa shape index (κ3) is 13.1. The highest BCUT2D eigenvalue weighted by Crippen LogP contribution is 2.40. The van der Waals surface area contributed by atoms with Crippen LogP contribution in [0.4, 0.5) is 0 Å². The average molecular weight is 895 g/mol. The Kier molecular flexibility index (Phi) is 16.6. The Labute approximate surface area is 365 Å². The van der Waals surface area contributed by atoms with Crippen LogP contribution in [0, 0.1) is 0 Å². The van der Waals surface area contributed by atoms with Crippen LogP contribution >= 0.6 is 0 Å². The molecule has 20 nitrogen and oxygen atoms in total. The number of methoxy groups -OCH3 is 1. The van der Waals surface area contributed by atoms with Gasteiger partial charge in [0.25, 0.3) is 0 Å². The standard InChI is InChI=1S/C44H46O20/c1-24(45)57-21-33-38(53)40(55)41(60-25(2)46)43(61-33)64-44(23-59-36(51)17-9-26-4-12-29(47)13-5-26)42(62-37(52)19-10-27-6-14-30(48)15-7-27)39(54)34(63-44)22-58-35(50)18-11-28-8-16-31(49)32(20-28)56-3/h4-20,33-34,38-43,47-49,53-55H,21-23H2,1-3H3/b17-9+,18-11+,19-10+/t33-,34-,38-,39-,40+,41-,42+,43-,44+/m1/s1. The number of carbonyl (C=O) groups excluding carboxylic acids is 5. The number of aliphatic hydroxyl groups excluding tert-OH is 3. The highest BCUT2D eigenvalue weighted by Gasteiger charge is 2.62. The third-order valence-electron chi connectivity index (χ3n) is 9.46. The number of benzene rings is 3. The second kappa shape index (κ2) is 22.0. The summed E-state index contributed by atoms with van der Waals surface area (Å²) in [6, 6.07) is 15.6. The molecule has 64 heavy (non-hydrogen) atoms. The second-order valence-electron chi connectivity index (χ2n) is 14.2. The summed E-state index contributed by atoms with van der Waals surface area (Å²) in [5, 5.41) is 63.0. The van der Waals surface area contributed by atoms with Crippen molar-refractivity contribution in [3.63, 3.8) is 0 Å². The molecule has 2 aliphatic heterocycles. The Morgan fingerprint density at radius 1 is 0.641 bits per heavy atom. The van der Waals surface area contributed by atoms with Gasteiger partial charge in [0.1, 0.15) is 61.8 Å². The molecule has 0 bridgehead atoms. The summed E-state index contributed by atoms with van der Waals surface area (Å²) >= 11 is 0. The molecule has 5 rings (SSSR count). The van der Waals surface area contributed by atoms with Crippen LogP contribution in [0.1, 0.15) is 30.5 Å². The molecule has 0 unspecified atom stereocenters. The Bertz CT molecular complexity index is 2200. The highest BCUT2D eigenvalue weighted by atomic mass is 16.8. The zero-order valence-corrected chi connectivity index (χ0v) is 34.5. The molecular weight excluding hydrogens is 848 g/mol. The molecule has 0 saturated carbocycles. The maximum absolute atomic E-state index is 13.5. The van der Waals surface area contributed by atoms with E-state index in [-0.39, 0.29) is 23.0 Å². The molecular formula is C44H46O20. The maximum atomic E-state index is 13.5. The van der Waals surface area contributed by atoms with E-state index in [9.17, 15) is 54.6 Å². The number of hydrogen-bond donors (Lipinski definition) is 6. The van der Waals surface area contributed by atoms with Crippen molar-refractivity contribution in [2.24, 2.45) is 0 Å². The number of aliphatic hydroxyl groups is 3. The highest BCUT2D eigenvalue weighted by molar-refractivity contribution is 5.88. The fraction of sp³-hybridized carbons (Fsp3) is 0.341. The first-order chi connectivity index (χ1) is 30.5. The van der Waals surface area contributed by atoms with E-state index >= 15 is 0 Å². The number of ether oxygens (including phenoxy) is 9. The molecule has 6 N–H and O–H groups in total. The average Bonchev–Trinajstić information content (AvgIpc) is 3.51. The topological polar surface area (TPSA) is 290 Å². The molecule has 9 atom stereocenters. The Morgan fingerprint density at radius 2 is 1.19 bits per heavy atom. The molecule has 0 radical (unpaired) electrons. The quantitative estimate of drug-likeness (QED) is 0.0638. The van der Waals surface area contributed by atoms with Gasteiger partial charge in [0.15, 0.2) is 23.7 Å². The molecule has 3 aromatic carbocycles. The number of carbonyl (C=O) groups is 5. The normalized spacial score (nSPS) is 25.5. The maximum Gasteiger partial charge on any atom is 0.331 e. The molecule has 2 aliphatic rings. The van der Waals surface area contributed by atoms with Gasteiger partial charge < -0.3 is 73.3 Å². The largest absolute Gasteiger partial charge is 0.508 e. The van der Waals surface area contributed by atoms with Gasteiger partial charge in [0.05, 0.1) is 7.11 Å². The lowest BCUT2D eigenvalue weighted by atomic mass is 9.98. The van der Waals surface area contributed by atoms with Crippen molar-refractivity contribution in [2.45, 2.75) is 68.7 Å². The number of esters is 5. The fourth-order valence-electron chi connectivity index (χ4n) is 6.29.